The Morgan fingerprint density at radius 1 is 0.651 bits per heavy atom. The summed E-state index contributed by atoms with van der Waals surface area (Å²) in [6.45, 7) is 5.74. The number of nitrogens with zero attached hydrogens (tertiary/aromatic N) is 2. The number of hydrogen-bond acceptors (Lipinski definition) is 4. The molecule has 0 saturated carbocycles. The zero-order valence-corrected chi connectivity index (χ0v) is 25.4. The standard InChI is InChI=1S/C39H40N2O2/c1-30-26-32-29-41(25-15-24-40(2)3)28-31-16-13-14-23-37(31)42-43-38(32)36(27-30)39(33-17-7-4-8-18-33,34-19-9-5-10-20-34)35-21-11-6-12-22-35/h4-14,16-23,26-27H,15,24-25,28-29H2,1-3H3. The van der Waals surface area contributed by atoms with Crippen LogP contribution in [0.1, 0.15) is 45.4 Å². The van der Waals surface area contributed by atoms with E-state index in [-0.39, 0.29) is 0 Å². The average Bonchev–Trinajstić information content (AvgIpc) is 3.10. The molecule has 0 spiro atoms. The molecule has 0 radical (unpaired) electrons. The molecule has 0 amide bonds. The van der Waals surface area contributed by atoms with Crippen LogP contribution in [-0.4, -0.2) is 37.0 Å². The monoisotopic (exact) mass is 568 g/mol. The average molecular weight is 569 g/mol. The summed E-state index contributed by atoms with van der Waals surface area (Å²) in [6, 6.07) is 45.2. The van der Waals surface area contributed by atoms with Gasteiger partial charge in [-0.2, -0.15) is 0 Å². The molecule has 1 aliphatic rings. The van der Waals surface area contributed by atoms with Crippen LogP contribution < -0.4 is 9.78 Å². The Kier molecular flexibility index (Phi) is 8.59. The number of benzene rings is 5. The fraction of sp³-hybridized carbons (Fsp3) is 0.231. The summed E-state index contributed by atoms with van der Waals surface area (Å²) in [5, 5.41) is 0. The van der Waals surface area contributed by atoms with E-state index < -0.39 is 5.41 Å². The highest BCUT2D eigenvalue weighted by atomic mass is 17.2. The van der Waals surface area contributed by atoms with E-state index in [1.807, 2.05) is 12.1 Å². The minimum atomic E-state index is -0.646. The van der Waals surface area contributed by atoms with Crippen LogP contribution in [0.15, 0.2) is 127 Å². The highest BCUT2D eigenvalue weighted by Gasteiger charge is 2.42. The molecule has 0 atom stereocenters. The fourth-order valence-corrected chi connectivity index (χ4v) is 6.48. The maximum absolute atomic E-state index is 6.55. The highest BCUT2D eigenvalue weighted by molar-refractivity contribution is 5.65. The van der Waals surface area contributed by atoms with Crippen molar-refractivity contribution in [1.29, 1.82) is 0 Å². The lowest BCUT2D eigenvalue weighted by molar-refractivity contribution is -0.102. The van der Waals surface area contributed by atoms with Crippen molar-refractivity contribution in [3.05, 3.63) is 166 Å². The third kappa shape index (κ3) is 5.94. The SMILES string of the molecule is Cc1cc2c(c(C(c3ccccc3)(c3ccccc3)c3ccccc3)c1)OOc1ccccc1CN(CCCN(C)C)C2. The minimum absolute atomic E-state index is 0.646. The molecule has 43 heavy (non-hydrogen) atoms. The Morgan fingerprint density at radius 2 is 1.19 bits per heavy atom. The zero-order chi connectivity index (χ0) is 29.6. The van der Waals surface area contributed by atoms with Gasteiger partial charge in [-0.15, -0.1) is 0 Å². The van der Waals surface area contributed by atoms with Crippen molar-refractivity contribution in [1.82, 2.24) is 9.80 Å². The van der Waals surface area contributed by atoms with Crippen molar-refractivity contribution < 1.29 is 9.78 Å². The van der Waals surface area contributed by atoms with E-state index in [1.165, 1.54) is 22.3 Å². The van der Waals surface area contributed by atoms with Gasteiger partial charge in [0.1, 0.15) is 0 Å². The van der Waals surface area contributed by atoms with Gasteiger partial charge in [0.25, 0.3) is 0 Å². The summed E-state index contributed by atoms with van der Waals surface area (Å²) in [4.78, 5) is 17.6. The molecule has 218 valence electrons. The summed E-state index contributed by atoms with van der Waals surface area (Å²) >= 11 is 0. The molecule has 4 nitrogen and oxygen atoms in total. The van der Waals surface area contributed by atoms with Gasteiger partial charge in [0.15, 0.2) is 11.5 Å². The van der Waals surface area contributed by atoms with Crippen molar-refractivity contribution in [2.45, 2.75) is 31.8 Å². The first kappa shape index (κ1) is 28.7. The summed E-state index contributed by atoms with van der Waals surface area (Å²) in [6.07, 6.45) is 1.08. The van der Waals surface area contributed by atoms with Crippen LogP contribution in [0.25, 0.3) is 0 Å². The summed E-state index contributed by atoms with van der Waals surface area (Å²) < 4.78 is 0. The molecule has 1 aliphatic heterocycles. The molecule has 0 unspecified atom stereocenters. The molecule has 1 heterocycles. The Bertz CT molecular complexity index is 1540. The zero-order valence-electron chi connectivity index (χ0n) is 25.4. The van der Waals surface area contributed by atoms with Gasteiger partial charge in [-0.25, -0.2) is 0 Å². The van der Waals surface area contributed by atoms with Crippen molar-refractivity contribution in [3.63, 3.8) is 0 Å². The van der Waals surface area contributed by atoms with Crippen LogP contribution in [0.5, 0.6) is 11.5 Å². The Hall–Kier alpha value is -4.38. The van der Waals surface area contributed by atoms with Crippen LogP contribution in [-0.2, 0) is 18.5 Å². The van der Waals surface area contributed by atoms with Gasteiger partial charge in [-0.3, -0.25) is 14.7 Å². The second kappa shape index (κ2) is 12.9. The topological polar surface area (TPSA) is 24.9 Å². The molecule has 0 aliphatic carbocycles. The van der Waals surface area contributed by atoms with Gasteiger partial charge in [-0.1, -0.05) is 127 Å². The van der Waals surface area contributed by atoms with Crippen LogP contribution in [0.3, 0.4) is 0 Å². The predicted octanol–water partition coefficient (Wildman–Crippen LogP) is 8.02. The van der Waals surface area contributed by atoms with Crippen molar-refractivity contribution in [3.8, 4) is 11.5 Å². The van der Waals surface area contributed by atoms with Gasteiger partial charge in [0.2, 0.25) is 0 Å². The second-order valence-electron chi connectivity index (χ2n) is 11.8. The smallest absolute Gasteiger partial charge is 0.187 e. The first-order valence-corrected chi connectivity index (χ1v) is 15.2. The Morgan fingerprint density at radius 3 is 1.77 bits per heavy atom. The van der Waals surface area contributed by atoms with Crippen molar-refractivity contribution in [2.24, 2.45) is 0 Å². The lowest BCUT2D eigenvalue weighted by atomic mass is 9.64. The van der Waals surface area contributed by atoms with E-state index in [1.54, 1.807) is 0 Å². The molecule has 0 N–H and O–H groups in total. The molecule has 0 saturated heterocycles. The van der Waals surface area contributed by atoms with E-state index >= 15 is 0 Å². The summed E-state index contributed by atoms with van der Waals surface area (Å²) in [5.41, 5.74) is 7.38. The molecular weight excluding hydrogens is 528 g/mol. The quantitative estimate of drug-likeness (QED) is 0.140. The molecule has 4 heteroatoms. The lowest BCUT2D eigenvalue weighted by Gasteiger charge is -2.38. The molecule has 0 bridgehead atoms. The van der Waals surface area contributed by atoms with Gasteiger partial charge in [0, 0.05) is 36.3 Å². The second-order valence-corrected chi connectivity index (χ2v) is 11.8. The number of rotatable bonds is 8. The van der Waals surface area contributed by atoms with Gasteiger partial charge in [-0.05, 0) is 56.7 Å². The van der Waals surface area contributed by atoms with E-state index in [0.29, 0.717) is 0 Å². The molecule has 5 aromatic rings. The van der Waals surface area contributed by atoms with Gasteiger partial charge in [0.05, 0.1) is 5.41 Å². The first-order chi connectivity index (χ1) is 21.1. The number of para-hydroxylation sites is 1. The Balaban J connectivity index is 1.61. The van der Waals surface area contributed by atoms with Crippen molar-refractivity contribution >= 4 is 0 Å². The first-order valence-electron chi connectivity index (χ1n) is 15.2. The minimum Gasteiger partial charge on any atom is -0.309 e. The number of fused-ring (bicyclic) bond motifs is 2. The normalized spacial score (nSPS) is 13.6. The molecule has 5 aromatic carbocycles. The fourth-order valence-electron chi connectivity index (χ4n) is 6.48. The van der Waals surface area contributed by atoms with E-state index in [9.17, 15) is 0 Å². The van der Waals surface area contributed by atoms with Gasteiger partial charge < -0.3 is 4.90 Å². The number of hydrogen-bond donors (Lipinski definition) is 0. The maximum atomic E-state index is 6.55. The van der Waals surface area contributed by atoms with E-state index in [4.69, 9.17) is 9.78 Å². The molecular formula is C39H40N2O2. The maximum Gasteiger partial charge on any atom is 0.187 e. The van der Waals surface area contributed by atoms with E-state index in [2.05, 4.69) is 146 Å². The highest BCUT2D eigenvalue weighted by Crippen LogP contribution is 2.50. The number of aryl methyl sites for hydroxylation is 1. The van der Waals surface area contributed by atoms with Gasteiger partial charge >= 0.3 is 0 Å². The molecule has 0 fully saturated rings. The largest absolute Gasteiger partial charge is 0.309 e. The molecule has 6 rings (SSSR count). The van der Waals surface area contributed by atoms with Crippen LogP contribution in [0, 0.1) is 6.92 Å². The summed E-state index contributed by atoms with van der Waals surface area (Å²) in [7, 11) is 4.27. The Labute approximate surface area is 256 Å². The third-order valence-electron chi connectivity index (χ3n) is 8.39. The third-order valence-corrected chi connectivity index (χ3v) is 8.39. The lowest BCUT2D eigenvalue weighted by Crippen LogP contribution is -2.32. The predicted molar refractivity (Wildman–Crippen MR) is 174 cm³/mol. The summed E-state index contributed by atoms with van der Waals surface area (Å²) in [5.74, 6) is 1.53. The molecule has 0 aromatic heterocycles. The van der Waals surface area contributed by atoms with Crippen LogP contribution in [0.2, 0.25) is 0 Å². The van der Waals surface area contributed by atoms with Crippen LogP contribution in [0.4, 0.5) is 0 Å². The van der Waals surface area contributed by atoms with Crippen molar-refractivity contribution in [2.75, 3.05) is 27.2 Å². The van der Waals surface area contributed by atoms with E-state index in [0.717, 1.165) is 60.8 Å². The van der Waals surface area contributed by atoms with Crippen LogP contribution >= 0.6 is 0 Å².